The summed E-state index contributed by atoms with van der Waals surface area (Å²) < 4.78 is 34.4. The molecule has 3 fully saturated rings. The van der Waals surface area contributed by atoms with Crippen LogP contribution in [-0.4, -0.2) is 193 Å². The van der Waals surface area contributed by atoms with Crippen LogP contribution in [0.5, 0.6) is 0 Å². The Morgan fingerprint density at radius 3 is 1.08 bits per heavy atom. The number of unbranched alkanes of at least 4 members (excludes halogenated alkanes) is 22. The van der Waals surface area contributed by atoms with E-state index >= 15 is 0 Å². The SMILES string of the molecule is CC/C=C\C/C=C\C/C=C\C/C=C\C/C=C\C/C=C\C/C=C\C/C=C\C/C=C\CCCC(=O)NC(COC1OC(CO)C(OC2OC(CO)C(OC3OC(CO)C(O)C(O)C3O)C(O)C2O)C(O)C1O)C(O)CCCCCCCCCCCCCCCCCCCCCCCC. The van der Waals surface area contributed by atoms with Crippen molar-refractivity contribution in [1.82, 2.24) is 5.32 Å². The van der Waals surface area contributed by atoms with Gasteiger partial charge < -0.3 is 89.9 Å². The summed E-state index contributed by atoms with van der Waals surface area (Å²) >= 11 is 0. The number of nitrogens with one attached hydrogen (secondary N) is 1. The molecular formula is C77H131NO18. The van der Waals surface area contributed by atoms with Crippen molar-refractivity contribution in [3.63, 3.8) is 0 Å². The number of ether oxygens (including phenoxy) is 6. The maximum absolute atomic E-state index is 13.4. The maximum atomic E-state index is 13.4. The Labute approximate surface area is 576 Å². The van der Waals surface area contributed by atoms with Gasteiger partial charge >= 0.3 is 0 Å². The summed E-state index contributed by atoms with van der Waals surface area (Å²) in [4.78, 5) is 13.4. The molecule has 19 nitrogen and oxygen atoms in total. The largest absolute Gasteiger partial charge is 0.394 e. The molecule has 0 aromatic carbocycles. The van der Waals surface area contributed by atoms with Crippen LogP contribution in [0.2, 0.25) is 0 Å². The van der Waals surface area contributed by atoms with Crippen LogP contribution in [0, 0.1) is 0 Å². The first-order valence-corrected chi connectivity index (χ1v) is 37.1. The summed E-state index contributed by atoms with van der Waals surface area (Å²) in [7, 11) is 0. The normalized spacial score (nSPS) is 27.7. The second-order valence-corrected chi connectivity index (χ2v) is 26.0. The number of hydrogen-bond acceptors (Lipinski definition) is 18. The van der Waals surface area contributed by atoms with Crippen LogP contribution in [-0.2, 0) is 33.2 Å². The van der Waals surface area contributed by atoms with Crippen LogP contribution >= 0.6 is 0 Å². The Balaban J connectivity index is 1.44. The Morgan fingerprint density at radius 2 is 0.708 bits per heavy atom. The number of amides is 1. The second-order valence-electron chi connectivity index (χ2n) is 26.0. The monoisotopic (exact) mass is 1360 g/mol. The molecular weight excluding hydrogens is 1230 g/mol. The van der Waals surface area contributed by atoms with Gasteiger partial charge in [-0.25, -0.2) is 0 Å². The predicted molar refractivity (Wildman–Crippen MR) is 378 cm³/mol. The highest BCUT2D eigenvalue weighted by atomic mass is 16.8. The van der Waals surface area contributed by atoms with Crippen molar-refractivity contribution < 1.29 is 89.4 Å². The fraction of sp³-hybridized carbons (Fsp3) is 0.753. The Morgan fingerprint density at radius 1 is 0.385 bits per heavy atom. The standard InChI is InChI=1S/C77H131NO18/c1-3-5-7-9-11-13-15-17-19-21-23-25-27-28-29-30-31-32-33-35-37-39-41-43-45-47-49-51-53-55-65(83)78-60(61(82)54-52-50-48-46-44-42-40-38-36-34-26-24-22-20-18-16-14-12-10-8-6-4-2)59-91-75-71(89)68(86)73(63(57-80)93-75)96-77-72(90)69(87)74(64(58-81)94-77)95-76-70(88)67(85)66(84)62(56-79)92-76/h5,7,11,13,17,19,23,25,28-29,31-32,35,37,41,43,47,49,60-64,66-77,79-82,84-90H,3-4,6,8-10,12,14-16,18,20-22,24,26-27,30,33-34,36,38-40,42,44-46,48,50-59H2,1-2H3,(H,78,83)/b7-5-,13-11-,19-17-,25-23-,29-28-,32-31-,37-35-,43-41-,49-47-. The molecule has 0 saturated carbocycles. The third-order valence-corrected chi connectivity index (χ3v) is 17.9. The van der Waals surface area contributed by atoms with E-state index in [9.17, 15) is 61.0 Å². The third kappa shape index (κ3) is 37.8. The molecule has 3 rings (SSSR count). The fourth-order valence-electron chi connectivity index (χ4n) is 11.9. The zero-order valence-corrected chi connectivity index (χ0v) is 58.6. The Bertz CT molecular complexity index is 2160. The van der Waals surface area contributed by atoms with E-state index in [1.54, 1.807) is 0 Å². The average Bonchev–Trinajstić information content (AvgIpc) is 0.787. The topological polar surface area (TPSA) is 307 Å². The van der Waals surface area contributed by atoms with Crippen molar-refractivity contribution in [2.45, 2.75) is 343 Å². The number of aliphatic hydroxyl groups excluding tert-OH is 11. The minimum atomic E-state index is -1.98. The predicted octanol–water partition coefficient (Wildman–Crippen LogP) is 11.0. The number of aliphatic hydroxyl groups is 11. The van der Waals surface area contributed by atoms with Crippen LogP contribution in [0.4, 0.5) is 0 Å². The summed E-state index contributed by atoms with van der Waals surface area (Å²) in [5, 5.41) is 121. The van der Waals surface area contributed by atoms with Crippen molar-refractivity contribution in [3.05, 3.63) is 109 Å². The molecule has 0 aromatic heterocycles. The minimum absolute atomic E-state index is 0.179. The number of rotatable bonds is 56. The van der Waals surface area contributed by atoms with E-state index in [1.807, 2.05) is 6.08 Å². The first-order chi connectivity index (χ1) is 46.8. The van der Waals surface area contributed by atoms with Crippen molar-refractivity contribution in [2.75, 3.05) is 26.4 Å². The molecule has 3 aliphatic heterocycles. The lowest BCUT2D eigenvalue weighted by molar-refractivity contribution is -0.379. The van der Waals surface area contributed by atoms with Gasteiger partial charge in [0.15, 0.2) is 18.9 Å². The van der Waals surface area contributed by atoms with Gasteiger partial charge in [-0.2, -0.15) is 0 Å². The molecule has 0 bridgehead atoms. The summed E-state index contributed by atoms with van der Waals surface area (Å²) in [6.07, 6.45) is 50.2. The molecule has 1 amide bonds. The van der Waals surface area contributed by atoms with E-state index in [0.29, 0.717) is 25.7 Å². The zero-order chi connectivity index (χ0) is 69.6. The summed E-state index contributed by atoms with van der Waals surface area (Å²) in [6.45, 7) is 1.65. The van der Waals surface area contributed by atoms with E-state index in [4.69, 9.17) is 28.4 Å². The lowest BCUT2D eigenvalue weighted by Crippen LogP contribution is -2.66. The summed E-state index contributed by atoms with van der Waals surface area (Å²) in [5.74, 6) is -0.303. The molecule has 0 radical (unpaired) electrons. The van der Waals surface area contributed by atoms with Gasteiger partial charge in [0.1, 0.15) is 73.2 Å². The third-order valence-electron chi connectivity index (χ3n) is 17.9. The average molecular weight is 1360 g/mol. The van der Waals surface area contributed by atoms with Crippen LogP contribution in [0.25, 0.3) is 0 Å². The van der Waals surface area contributed by atoms with Gasteiger partial charge in [-0.15, -0.1) is 0 Å². The Kier molecular flexibility index (Phi) is 51.6. The highest BCUT2D eigenvalue weighted by molar-refractivity contribution is 5.76. The number of allylic oxidation sites excluding steroid dienone is 18. The smallest absolute Gasteiger partial charge is 0.220 e. The second kappa shape index (κ2) is 57.1. The number of carbonyl (C=O) groups is 1. The highest BCUT2D eigenvalue weighted by Gasteiger charge is 2.53. The van der Waals surface area contributed by atoms with Crippen LogP contribution in [0.15, 0.2) is 109 Å². The van der Waals surface area contributed by atoms with Gasteiger partial charge in [0, 0.05) is 6.42 Å². The molecule has 17 unspecified atom stereocenters. The maximum Gasteiger partial charge on any atom is 0.220 e. The van der Waals surface area contributed by atoms with Crippen molar-refractivity contribution >= 4 is 5.91 Å². The number of carbonyl (C=O) groups excluding carboxylic acids is 1. The summed E-state index contributed by atoms with van der Waals surface area (Å²) in [6, 6.07) is -0.928. The molecule has 0 aromatic rings. The molecule has 552 valence electrons. The molecule has 96 heavy (non-hydrogen) atoms. The van der Waals surface area contributed by atoms with Crippen LogP contribution < -0.4 is 5.32 Å². The first-order valence-electron chi connectivity index (χ1n) is 37.1. The van der Waals surface area contributed by atoms with Gasteiger partial charge in [-0.3, -0.25) is 4.79 Å². The highest BCUT2D eigenvalue weighted by Crippen LogP contribution is 2.33. The summed E-state index contributed by atoms with van der Waals surface area (Å²) in [5.41, 5.74) is 0. The van der Waals surface area contributed by atoms with Crippen molar-refractivity contribution in [2.24, 2.45) is 0 Å². The molecule has 3 aliphatic rings. The van der Waals surface area contributed by atoms with E-state index in [1.165, 1.54) is 116 Å². The van der Waals surface area contributed by atoms with Gasteiger partial charge in [0.05, 0.1) is 38.6 Å². The molecule has 0 aliphatic carbocycles. The lowest BCUT2D eigenvalue weighted by atomic mass is 9.96. The minimum Gasteiger partial charge on any atom is -0.394 e. The fourth-order valence-corrected chi connectivity index (χ4v) is 11.9. The van der Waals surface area contributed by atoms with Crippen LogP contribution in [0.1, 0.15) is 239 Å². The van der Waals surface area contributed by atoms with E-state index in [2.05, 4.69) is 122 Å². The van der Waals surface area contributed by atoms with E-state index < -0.39 is 124 Å². The number of hydrogen-bond donors (Lipinski definition) is 12. The lowest BCUT2D eigenvalue weighted by Gasteiger charge is -2.48. The molecule has 3 heterocycles. The molecule has 3 saturated heterocycles. The Hall–Kier alpha value is -3.55. The molecule has 12 N–H and O–H groups in total. The van der Waals surface area contributed by atoms with Crippen LogP contribution in [0.3, 0.4) is 0 Å². The quantitative estimate of drug-likeness (QED) is 0.0199. The van der Waals surface area contributed by atoms with Crippen molar-refractivity contribution in [3.8, 4) is 0 Å². The molecule has 17 atom stereocenters. The van der Waals surface area contributed by atoms with E-state index in [-0.39, 0.29) is 18.9 Å². The van der Waals surface area contributed by atoms with Gasteiger partial charge in [0.25, 0.3) is 0 Å². The van der Waals surface area contributed by atoms with Gasteiger partial charge in [-0.05, 0) is 77.0 Å². The molecule has 19 heteroatoms. The van der Waals surface area contributed by atoms with Gasteiger partial charge in [-0.1, -0.05) is 264 Å². The molecule has 0 spiro atoms. The van der Waals surface area contributed by atoms with Gasteiger partial charge in [0.2, 0.25) is 5.91 Å². The van der Waals surface area contributed by atoms with E-state index in [0.717, 1.165) is 77.0 Å². The first kappa shape index (κ1) is 86.7. The van der Waals surface area contributed by atoms with Crippen molar-refractivity contribution in [1.29, 1.82) is 0 Å². The zero-order valence-electron chi connectivity index (χ0n) is 58.6.